The van der Waals surface area contributed by atoms with Gasteiger partial charge in [-0.1, -0.05) is 11.6 Å². The van der Waals surface area contributed by atoms with Crippen LogP contribution in [0, 0.1) is 6.92 Å². The van der Waals surface area contributed by atoms with Crippen molar-refractivity contribution in [3.05, 3.63) is 16.4 Å². The zero-order valence-corrected chi connectivity index (χ0v) is 9.71. The fraction of sp³-hybridized carbons (Fsp3) is 0.600. The number of aryl methyl sites for hydroxylation is 2. The van der Waals surface area contributed by atoms with E-state index in [4.69, 9.17) is 11.6 Å². The Morgan fingerprint density at radius 3 is 2.73 bits per heavy atom. The molecule has 82 valence electrons. The summed E-state index contributed by atoms with van der Waals surface area (Å²) in [6.45, 7) is 4.05. The van der Waals surface area contributed by atoms with E-state index < -0.39 is 0 Å². The Kier molecular flexibility index (Phi) is 2.80. The number of carbonyl (C=O) groups is 1. The molecule has 0 saturated carbocycles. The zero-order chi connectivity index (χ0) is 11.0. The summed E-state index contributed by atoms with van der Waals surface area (Å²) >= 11 is 6.12. The number of Topliss-reactive ketones (excluding diaryl/α,β-unsaturated/α-hetero) is 1. The van der Waals surface area contributed by atoms with Crippen LogP contribution in [0.1, 0.15) is 17.7 Å². The molecule has 2 rings (SSSR count). The van der Waals surface area contributed by atoms with Crippen LogP contribution in [0.4, 0.5) is 0 Å². The molecule has 0 unspecified atom stereocenters. The molecule has 1 aromatic rings. The van der Waals surface area contributed by atoms with E-state index in [1.165, 1.54) is 0 Å². The predicted molar refractivity (Wildman–Crippen MR) is 57.9 cm³/mol. The molecule has 5 heteroatoms. The Balaban J connectivity index is 2.13. The number of hydrogen-bond donors (Lipinski definition) is 0. The Bertz CT molecular complexity index is 400. The number of rotatable bonds is 2. The number of nitrogens with zero attached hydrogens (tertiary/aromatic N) is 3. The van der Waals surface area contributed by atoms with Crippen LogP contribution in [0.2, 0.25) is 5.15 Å². The number of ketones is 1. The first-order valence-corrected chi connectivity index (χ1v) is 5.37. The highest BCUT2D eigenvalue weighted by Gasteiger charge is 2.22. The second-order valence-electron chi connectivity index (χ2n) is 3.98. The summed E-state index contributed by atoms with van der Waals surface area (Å²) in [5, 5.41) is 4.92. The summed E-state index contributed by atoms with van der Waals surface area (Å²) < 4.78 is 1.67. The third-order valence-electron chi connectivity index (χ3n) is 2.76. The maximum atomic E-state index is 11.1. The first kappa shape index (κ1) is 10.6. The lowest BCUT2D eigenvalue weighted by Gasteiger charge is -2.12. The van der Waals surface area contributed by atoms with Crippen molar-refractivity contribution in [1.82, 2.24) is 14.7 Å². The van der Waals surface area contributed by atoms with Crippen LogP contribution >= 0.6 is 11.6 Å². The van der Waals surface area contributed by atoms with Gasteiger partial charge in [0.15, 0.2) is 0 Å². The van der Waals surface area contributed by atoms with E-state index in [9.17, 15) is 4.79 Å². The molecule has 1 fully saturated rings. The summed E-state index contributed by atoms with van der Waals surface area (Å²) in [6.07, 6.45) is 0.664. The molecule has 0 spiro atoms. The molecular formula is C10H14ClN3O. The van der Waals surface area contributed by atoms with E-state index in [0.29, 0.717) is 23.9 Å². The normalized spacial score (nSPS) is 17.7. The van der Waals surface area contributed by atoms with Gasteiger partial charge in [-0.3, -0.25) is 14.4 Å². The second-order valence-corrected chi connectivity index (χ2v) is 4.34. The minimum absolute atomic E-state index is 0.313. The Labute approximate surface area is 93.8 Å². The van der Waals surface area contributed by atoms with Crippen LogP contribution in [0.15, 0.2) is 0 Å². The van der Waals surface area contributed by atoms with E-state index >= 15 is 0 Å². The number of hydrogen-bond acceptors (Lipinski definition) is 3. The Morgan fingerprint density at radius 1 is 1.53 bits per heavy atom. The van der Waals surface area contributed by atoms with Crippen molar-refractivity contribution in [1.29, 1.82) is 0 Å². The topological polar surface area (TPSA) is 38.1 Å². The SMILES string of the molecule is Cc1nn(C)c(Cl)c1CN1CCC(=O)C1. The van der Waals surface area contributed by atoms with Crippen molar-refractivity contribution in [2.45, 2.75) is 19.9 Å². The molecule has 0 atom stereocenters. The smallest absolute Gasteiger partial charge is 0.148 e. The highest BCUT2D eigenvalue weighted by Crippen LogP contribution is 2.21. The molecule has 4 nitrogen and oxygen atoms in total. The highest BCUT2D eigenvalue weighted by molar-refractivity contribution is 6.30. The van der Waals surface area contributed by atoms with Gasteiger partial charge in [0.05, 0.1) is 12.2 Å². The number of carbonyl (C=O) groups excluding carboxylic acids is 1. The van der Waals surface area contributed by atoms with Crippen LogP contribution < -0.4 is 0 Å². The number of likely N-dealkylation sites (tertiary alicyclic amines) is 1. The third-order valence-corrected chi connectivity index (χ3v) is 3.23. The maximum absolute atomic E-state index is 11.1. The monoisotopic (exact) mass is 227 g/mol. The molecule has 0 aliphatic carbocycles. The molecule has 0 radical (unpaired) electrons. The molecule has 1 saturated heterocycles. The van der Waals surface area contributed by atoms with E-state index in [1.807, 2.05) is 14.0 Å². The van der Waals surface area contributed by atoms with Gasteiger partial charge in [0.2, 0.25) is 0 Å². The summed E-state index contributed by atoms with van der Waals surface area (Å²) in [7, 11) is 1.83. The van der Waals surface area contributed by atoms with Crippen molar-refractivity contribution < 1.29 is 4.79 Å². The van der Waals surface area contributed by atoms with Crippen LogP contribution in [-0.2, 0) is 18.4 Å². The third kappa shape index (κ3) is 2.06. The zero-order valence-electron chi connectivity index (χ0n) is 8.96. The van der Waals surface area contributed by atoms with Crippen molar-refractivity contribution in [2.75, 3.05) is 13.1 Å². The lowest BCUT2D eigenvalue weighted by atomic mass is 10.2. The van der Waals surface area contributed by atoms with E-state index in [0.717, 1.165) is 24.3 Å². The molecule has 0 bridgehead atoms. The van der Waals surface area contributed by atoms with Crippen LogP contribution in [0.25, 0.3) is 0 Å². The molecule has 1 aromatic heterocycles. The molecule has 1 aliphatic rings. The van der Waals surface area contributed by atoms with Gasteiger partial charge in [-0.2, -0.15) is 5.10 Å². The summed E-state index contributed by atoms with van der Waals surface area (Å²) in [6, 6.07) is 0. The highest BCUT2D eigenvalue weighted by atomic mass is 35.5. The quantitative estimate of drug-likeness (QED) is 0.761. The average molecular weight is 228 g/mol. The van der Waals surface area contributed by atoms with Gasteiger partial charge in [-0.15, -0.1) is 0 Å². The number of halogens is 1. The molecular weight excluding hydrogens is 214 g/mol. The Hall–Kier alpha value is -0.870. The average Bonchev–Trinajstić information content (AvgIpc) is 2.67. The van der Waals surface area contributed by atoms with E-state index in [1.54, 1.807) is 4.68 Å². The van der Waals surface area contributed by atoms with Gasteiger partial charge >= 0.3 is 0 Å². The predicted octanol–water partition coefficient (Wildman–Crippen LogP) is 1.16. The fourth-order valence-corrected chi connectivity index (χ4v) is 2.14. The van der Waals surface area contributed by atoms with Crippen LogP contribution in [0.3, 0.4) is 0 Å². The van der Waals surface area contributed by atoms with E-state index in [2.05, 4.69) is 10.00 Å². The first-order valence-electron chi connectivity index (χ1n) is 5.00. The number of aromatic nitrogens is 2. The van der Waals surface area contributed by atoms with Crippen LogP contribution in [-0.4, -0.2) is 33.6 Å². The first-order chi connectivity index (χ1) is 7.08. The van der Waals surface area contributed by atoms with E-state index in [-0.39, 0.29) is 0 Å². The fourth-order valence-electron chi connectivity index (χ4n) is 1.90. The van der Waals surface area contributed by atoms with Crippen molar-refractivity contribution in [2.24, 2.45) is 7.05 Å². The largest absolute Gasteiger partial charge is 0.298 e. The summed E-state index contributed by atoms with van der Waals surface area (Å²) in [4.78, 5) is 13.2. The Morgan fingerprint density at radius 2 is 2.27 bits per heavy atom. The molecule has 1 aliphatic heterocycles. The van der Waals surface area contributed by atoms with Gasteiger partial charge in [0.1, 0.15) is 10.9 Å². The molecule has 15 heavy (non-hydrogen) atoms. The van der Waals surface area contributed by atoms with Crippen molar-refractivity contribution >= 4 is 17.4 Å². The summed E-state index contributed by atoms with van der Waals surface area (Å²) in [5.74, 6) is 0.313. The van der Waals surface area contributed by atoms with Crippen LogP contribution in [0.5, 0.6) is 0 Å². The molecule has 0 aromatic carbocycles. The lowest BCUT2D eigenvalue weighted by molar-refractivity contribution is -0.116. The van der Waals surface area contributed by atoms with Crippen molar-refractivity contribution in [3.8, 4) is 0 Å². The van der Waals surface area contributed by atoms with Gasteiger partial charge in [0.25, 0.3) is 0 Å². The standard InChI is InChI=1S/C10H14ClN3O/c1-7-9(10(11)13(2)12-7)6-14-4-3-8(15)5-14/h3-6H2,1-2H3. The maximum Gasteiger partial charge on any atom is 0.148 e. The second kappa shape index (κ2) is 3.94. The minimum Gasteiger partial charge on any atom is -0.298 e. The van der Waals surface area contributed by atoms with Crippen molar-refractivity contribution in [3.63, 3.8) is 0 Å². The van der Waals surface area contributed by atoms with Gasteiger partial charge < -0.3 is 0 Å². The van der Waals surface area contributed by atoms with Gasteiger partial charge in [-0.25, -0.2) is 0 Å². The molecule has 0 amide bonds. The lowest BCUT2D eigenvalue weighted by Crippen LogP contribution is -2.20. The van der Waals surface area contributed by atoms with Gasteiger partial charge in [-0.05, 0) is 6.92 Å². The molecule has 2 heterocycles. The summed E-state index contributed by atoms with van der Waals surface area (Å²) in [5.41, 5.74) is 1.98. The minimum atomic E-state index is 0.313. The molecule has 0 N–H and O–H groups in total. The van der Waals surface area contributed by atoms with Gasteiger partial charge in [0, 0.05) is 32.1 Å².